The molecule has 6 atom stereocenters. The molecule has 1 saturated heterocycles. The van der Waals surface area contributed by atoms with Gasteiger partial charge in [-0.2, -0.15) is 0 Å². The Morgan fingerprint density at radius 3 is 2.31 bits per heavy atom. The third-order valence-electron chi connectivity index (χ3n) is 5.23. The first-order valence-corrected chi connectivity index (χ1v) is 13.1. The average Bonchev–Trinajstić information content (AvgIpc) is 2.71. The van der Waals surface area contributed by atoms with E-state index >= 15 is 0 Å². The number of carboxylic acid groups (broad SMARTS) is 1. The Morgan fingerprint density at radius 2 is 1.75 bits per heavy atom. The number of nitrogens with one attached hydrogen (secondary N) is 1. The SMILES string of the molecule is CCCC(C)(C)Nc1cc(COP(=O)(O)OC(C)(C)C)ccc1OC1OC(C(=O)O)C(O)C(O)C1O. The standard InChI is InChI=1S/C23H38NO11P/c1-7-10-23(5,6)24-14-11-13(12-32-36(30,31)35-22(2,3)4)8-9-15(14)33-21-18(27)16(25)17(26)19(34-21)20(28)29/h8-9,11,16-19,21,24-27H,7,10,12H2,1-6H3,(H,28,29)(H,30,31). The zero-order valence-electron chi connectivity index (χ0n) is 21.4. The molecule has 0 spiro atoms. The van der Waals surface area contributed by atoms with E-state index in [4.69, 9.17) is 18.5 Å². The molecular formula is C23H38NO11P. The average molecular weight is 536 g/mol. The fraction of sp³-hybridized carbons (Fsp3) is 0.696. The number of phosphoric ester groups is 1. The van der Waals surface area contributed by atoms with Crippen LogP contribution in [0.5, 0.6) is 5.75 Å². The van der Waals surface area contributed by atoms with Crippen molar-refractivity contribution in [1.29, 1.82) is 0 Å². The zero-order chi connectivity index (χ0) is 27.5. The summed E-state index contributed by atoms with van der Waals surface area (Å²) >= 11 is 0. The van der Waals surface area contributed by atoms with E-state index in [2.05, 4.69) is 5.32 Å². The van der Waals surface area contributed by atoms with Gasteiger partial charge in [0.05, 0.1) is 17.9 Å². The highest BCUT2D eigenvalue weighted by Gasteiger charge is 2.48. The van der Waals surface area contributed by atoms with Crippen molar-refractivity contribution in [3.8, 4) is 5.75 Å². The lowest BCUT2D eigenvalue weighted by atomic mass is 9.98. The van der Waals surface area contributed by atoms with E-state index in [0.29, 0.717) is 11.3 Å². The maximum Gasteiger partial charge on any atom is 0.473 e. The number of rotatable bonds is 11. The maximum absolute atomic E-state index is 12.2. The Bertz CT molecular complexity index is 948. The van der Waals surface area contributed by atoms with Crippen molar-refractivity contribution >= 4 is 19.5 Å². The van der Waals surface area contributed by atoms with Crippen molar-refractivity contribution in [3.05, 3.63) is 23.8 Å². The first kappa shape index (κ1) is 30.5. The van der Waals surface area contributed by atoms with Crippen molar-refractivity contribution in [1.82, 2.24) is 0 Å². The van der Waals surface area contributed by atoms with Crippen molar-refractivity contribution < 1.29 is 53.2 Å². The number of carboxylic acids is 1. The summed E-state index contributed by atoms with van der Waals surface area (Å²) in [6.45, 7) is 10.5. The van der Waals surface area contributed by atoms with E-state index in [1.54, 1.807) is 32.9 Å². The van der Waals surface area contributed by atoms with Crippen LogP contribution in [0.1, 0.15) is 59.9 Å². The quantitative estimate of drug-likeness (QED) is 0.228. The molecule has 0 aromatic heterocycles. The van der Waals surface area contributed by atoms with Gasteiger partial charge in [-0.1, -0.05) is 19.4 Å². The van der Waals surface area contributed by atoms with Crippen LogP contribution in [0.3, 0.4) is 0 Å². The first-order chi connectivity index (χ1) is 16.4. The van der Waals surface area contributed by atoms with Gasteiger partial charge in [-0.3, -0.25) is 9.05 Å². The first-order valence-electron chi connectivity index (χ1n) is 11.6. The summed E-state index contributed by atoms with van der Waals surface area (Å²) in [6.07, 6.45) is -7.16. The molecule has 0 bridgehead atoms. The van der Waals surface area contributed by atoms with E-state index in [9.17, 15) is 34.7 Å². The summed E-state index contributed by atoms with van der Waals surface area (Å²) in [4.78, 5) is 21.4. The van der Waals surface area contributed by atoms with Crippen molar-refractivity contribution in [2.45, 2.75) is 103 Å². The fourth-order valence-corrected chi connectivity index (χ4v) is 4.78. The lowest BCUT2D eigenvalue weighted by Crippen LogP contribution is -2.61. The number of aliphatic hydroxyl groups is 3. The lowest BCUT2D eigenvalue weighted by molar-refractivity contribution is -0.271. The van der Waals surface area contributed by atoms with E-state index in [-0.39, 0.29) is 12.4 Å². The molecule has 0 aliphatic carbocycles. The highest BCUT2D eigenvalue weighted by atomic mass is 31.2. The van der Waals surface area contributed by atoms with E-state index < -0.39 is 55.6 Å². The Labute approximate surface area is 210 Å². The van der Waals surface area contributed by atoms with Crippen LogP contribution < -0.4 is 10.1 Å². The molecule has 0 saturated carbocycles. The van der Waals surface area contributed by atoms with E-state index in [1.807, 2.05) is 20.8 Å². The minimum Gasteiger partial charge on any atom is -0.479 e. The van der Waals surface area contributed by atoms with Crippen LogP contribution in [-0.2, 0) is 29.8 Å². The van der Waals surface area contributed by atoms with Gasteiger partial charge in [0, 0.05) is 5.54 Å². The molecule has 1 aromatic rings. The minimum absolute atomic E-state index is 0.151. The van der Waals surface area contributed by atoms with E-state index in [0.717, 1.165) is 12.8 Å². The molecule has 1 aliphatic rings. The zero-order valence-corrected chi connectivity index (χ0v) is 22.3. The fourth-order valence-electron chi connectivity index (χ4n) is 3.72. The smallest absolute Gasteiger partial charge is 0.473 e. The summed E-state index contributed by atoms with van der Waals surface area (Å²) < 4.78 is 33.4. The van der Waals surface area contributed by atoms with Crippen LogP contribution >= 0.6 is 7.82 Å². The number of hydrogen-bond donors (Lipinski definition) is 6. The van der Waals surface area contributed by atoms with Crippen LogP contribution in [0.15, 0.2) is 18.2 Å². The molecule has 2 rings (SSSR count). The number of hydrogen-bond acceptors (Lipinski definition) is 10. The normalized spacial score (nSPS) is 26.8. The number of phosphoric acid groups is 1. The summed E-state index contributed by atoms with van der Waals surface area (Å²) in [7, 11) is -4.34. The molecule has 0 radical (unpaired) electrons. The molecule has 1 fully saturated rings. The number of benzene rings is 1. The molecule has 36 heavy (non-hydrogen) atoms. The van der Waals surface area contributed by atoms with Crippen LogP contribution in [0, 0.1) is 0 Å². The molecular weight excluding hydrogens is 497 g/mol. The van der Waals surface area contributed by atoms with Gasteiger partial charge in [-0.15, -0.1) is 0 Å². The predicted octanol–water partition coefficient (Wildman–Crippen LogP) is 2.38. The summed E-state index contributed by atoms with van der Waals surface area (Å²) in [5.74, 6) is -1.37. The monoisotopic (exact) mass is 535 g/mol. The number of aliphatic carboxylic acids is 1. The van der Waals surface area contributed by atoms with E-state index in [1.165, 1.54) is 6.07 Å². The van der Waals surface area contributed by atoms with Crippen molar-refractivity contribution in [2.24, 2.45) is 0 Å². The van der Waals surface area contributed by atoms with Gasteiger partial charge in [-0.05, 0) is 58.7 Å². The third kappa shape index (κ3) is 8.67. The Kier molecular flexibility index (Phi) is 9.94. The molecule has 13 heteroatoms. The van der Waals surface area contributed by atoms with Crippen molar-refractivity contribution in [2.75, 3.05) is 5.32 Å². The molecule has 12 nitrogen and oxygen atoms in total. The van der Waals surface area contributed by atoms with Crippen LogP contribution in [-0.4, -0.2) is 73.1 Å². The number of anilines is 1. The molecule has 1 aliphatic heterocycles. The summed E-state index contributed by atoms with van der Waals surface area (Å²) in [5, 5.41) is 42.9. The second kappa shape index (κ2) is 11.7. The third-order valence-corrected chi connectivity index (χ3v) is 6.47. The summed E-state index contributed by atoms with van der Waals surface area (Å²) in [5.41, 5.74) is -0.416. The molecule has 206 valence electrons. The van der Waals surface area contributed by atoms with Crippen molar-refractivity contribution in [3.63, 3.8) is 0 Å². The van der Waals surface area contributed by atoms with Gasteiger partial charge >= 0.3 is 13.8 Å². The Balaban J connectivity index is 2.32. The maximum atomic E-state index is 12.2. The largest absolute Gasteiger partial charge is 0.479 e. The highest BCUT2D eigenvalue weighted by Crippen LogP contribution is 2.48. The van der Waals surface area contributed by atoms with Crippen LogP contribution in [0.4, 0.5) is 5.69 Å². The number of aliphatic hydroxyl groups excluding tert-OH is 3. The van der Waals surface area contributed by atoms with Gasteiger partial charge in [0.2, 0.25) is 6.29 Å². The minimum atomic E-state index is -4.34. The van der Waals surface area contributed by atoms with Gasteiger partial charge in [0.25, 0.3) is 0 Å². The Morgan fingerprint density at radius 1 is 1.11 bits per heavy atom. The Hall–Kier alpha value is -1.76. The number of ether oxygens (including phenoxy) is 2. The lowest BCUT2D eigenvalue weighted by Gasteiger charge is -2.39. The van der Waals surface area contributed by atoms with Gasteiger partial charge < -0.3 is 40.1 Å². The molecule has 1 aromatic carbocycles. The van der Waals surface area contributed by atoms with Gasteiger partial charge in [0.1, 0.15) is 24.1 Å². The predicted molar refractivity (Wildman–Crippen MR) is 129 cm³/mol. The summed E-state index contributed by atoms with van der Waals surface area (Å²) in [6, 6.07) is 4.64. The molecule has 1 heterocycles. The van der Waals surface area contributed by atoms with Gasteiger partial charge in [-0.25, -0.2) is 9.36 Å². The second-order valence-corrected chi connectivity index (χ2v) is 11.8. The second-order valence-electron chi connectivity index (χ2n) is 10.4. The molecule has 6 N–H and O–H groups in total. The highest BCUT2D eigenvalue weighted by molar-refractivity contribution is 7.47. The molecule has 6 unspecified atom stereocenters. The van der Waals surface area contributed by atoms with Crippen LogP contribution in [0.25, 0.3) is 0 Å². The molecule has 0 amide bonds. The number of carbonyl (C=O) groups is 1. The van der Waals surface area contributed by atoms with Gasteiger partial charge in [0.15, 0.2) is 6.10 Å². The topological polar surface area (TPSA) is 184 Å². The van der Waals surface area contributed by atoms with Crippen LogP contribution in [0.2, 0.25) is 0 Å².